The molecule has 1 aliphatic heterocycles. The lowest BCUT2D eigenvalue weighted by molar-refractivity contribution is -0.141. The van der Waals surface area contributed by atoms with Crippen LogP contribution in [0.4, 0.5) is 11.4 Å². The maximum absolute atomic E-state index is 11.0. The number of piperazine rings is 1. The van der Waals surface area contributed by atoms with Crippen LogP contribution in [0.3, 0.4) is 0 Å². The van der Waals surface area contributed by atoms with Crippen LogP contribution in [0.25, 0.3) is 22.3 Å². The van der Waals surface area contributed by atoms with E-state index < -0.39 is 8.32 Å². The van der Waals surface area contributed by atoms with E-state index in [2.05, 4.69) is 72.0 Å². The first kappa shape index (κ1) is 38.2. The number of nitrogens with zero attached hydrogens (tertiary/aromatic N) is 7. The highest BCUT2D eigenvalue weighted by Gasteiger charge is 2.37. The van der Waals surface area contributed by atoms with Crippen molar-refractivity contribution in [1.29, 1.82) is 0 Å². The monoisotopic (exact) mass is 717 g/mol. The molecule has 0 N–H and O–H groups in total. The molecule has 2 aromatic heterocycles. The van der Waals surface area contributed by atoms with Gasteiger partial charge in [0.05, 0.1) is 49.9 Å². The molecule has 0 saturated carbocycles. The number of aromatic nitrogens is 4. The number of aryl methyl sites for hydroxylation is 1. The summed E-state index contributed by atoms with van der Waals surface area (Å²) in [5.41, 5.74) is 5.26. The van der Waals surface area contributed by atoms with Gasteiger partial charge in [-0.15, -0.1) is 0 Å². The van der Waals surface area contributed by atoms with Crippen molar-refractivity contribution in [2.24, 2.45) is 0 Å². The van der Waals surface area contributed by atoms with Crippen LogP contribution >= 0.6 is 0 Å². The number of rotatable bonds is 16. The Morgan fingerprint density at radius 1 is 0.863 bits per heavy atom. The average Bonchev–Trinajstić information content (AvgIpc) is 3.58. The van der Waals surface area contributed by atoms with Gasteiger partial charge in [-0.05, 0) is 49.3 Å². The molecule has 1 aliphatic rings. The number of anilines is 2. The van der Waals surface area contributed by atoms with Gasteiger partial charge in [-0.1, -0.05) is 20.8 Å². The largest absolute Gasteiger partial charge is 0.497 e. The number of hydrogen-bond donors (Lipinski definition) is 0. The molecule has 276 valence electrons. The third-order valence-corrected chi connectivity index (χ3v) is 14.6. The summed E-state index contributed by atoms with van der Waals surface area (Å²) in [4.78, 5) is 27.9. The van der Waals surface area contributed by atoms with Crippen molar-refractivity contribution in [2.75, 3.05) is 78.1 Å². The van der Waals surface area contributed by atoms with Gasteiger partial charge >= 0.3 is 5.97 Å². The van der Waals surface area contributed by atoms with Gasteiger partial charge < -0.3 is 28.4 Å². The van der Waals surface area contributed by atoms with Gasteiger partial charge in [0.15, 0.2) is 8.32 Å². The molecule has 1 fully saturated rings. The van der Waals surface area contributed by atoms with E-state index in [-0.39, 0.29) is 11.0 Å². The lowest BCUT2D eigenvalue weighted by Gasteiger charge is -2.37. The second-order valence-corrected chi connectivity index (χ2v) is 19.4. The van der Waals surface area contributed by atoms with Gasteiger partial charge in [0.25, 0.3) is 0 Å². The summed E-state index contributed by atoms with van der Waals surface area (Å²) in [6.07, 6.45) is 6.75. The number of carbonyl (C=O) groups excluding carboxylic acids is 1. The molecule has 0 bridgehead atoms. The number of hydrogen-bond acceptors (Lipinski definition) is 11. The van der Waals surface area contributed by atoms with E-state index in [1.165, 1.54) is 6.92 Å². The standard InChI is InChI=1S/C38H55N7O5Si/c1-29(46)49-20-18-43-16-14-42(15-17-43)12-9-13-44-28-30(26-40-44)37-27-39-35-11-10-31(24-36(35)41-37)45(19-21-50-51(7,8)38(2,3)4)32-22-33(47-5)25-34(23-32)48-6/h10-11,22-28H,9,12-21H2,1-8H3. The van der Waals surface area contributed by atoms with Crippen LogP contribution in [0.5, 0.6) is 11.5 Å². The number of ether oxygens (including phenoxy) is 3. The Morgan fingerprint density at radius 2 is 1.55 bits per heavy atom. The quantitative estimate of drug-likeness (QED) is 0.0971. The molecule has 12 nitrogen and oxygen atoms in total. The fraction of sp³-hybridized carbons (Fsp3) is 0.526. The lowest BCUT2D eigenvalue weighted by Crippen LogP contribution is -2.47. The molecule has 2 aromatic carbocycles. The molecule has 0 aliphatic carbocycles. The summed E-state index contributed by atoms with van der Waals surface area (Å²) in [6, 6.07) is 12.1. The minimum absolute atomic E-state index is 0.116. The number of methoxy groups -OCH3 is 2. The number of benzene rings is 2. The fourth-order valence-electron chi connectivity index (χ4n) is 5.90. The zero-order valence-corrected chi connectivity index (χ0v) is 32.6. The molecule has 0 unspecified atom stereocenters. The third kappa shape index (κ3) is 10.3. The van der Waals surface area contributed by atoms with Gasteiger partial charge in [-0.25, -0.2) is 4.98 Å². The van der Waals surface area contributed by atoms with Gasteiger partial charge in [-0.2, -0.15) is 5.10 Å². The van der Waals surface area contributed by atoms with Crippen molar-refractivity contribution in [1.82, 2.24) is 29.5 Å². The van der Waals surface area contributed by atoms with Gasteiger partial charge in [-0.3, -0.25) is 19.4 Å². The van der Waals surface area contributed by atoms with Crippen molar-refractivity contribution >= 4 is 36.7 Å². The normalized spacial score (nSPS) is 14.5. The Bertz CT molecular complexity index is 1730. The van der Waals surface area contributed by atoms with E-state index in [0.717, 1.165) is 97.4 Å². The van der Waals surface area contributed by atoms with Crippen LogP contribution in [0.1, 0.15) is 34.1 Å². The van der Waals surface area contributed by atoms with Crippen molar-refractivity contribution in [3.63, 3.8) is 0 Å². The molecule has 0 spiro atoms. The highest BCUT2D eigenvalue weighted by atomic mass is 28.4. The molecule has 51 heavy (non-hydrogen) atoms. The zero-order valence-electron chi connectivity index (χ0n) is 31.6. The minimum atomic E-state index is -1.95. The smallest absolute Gasteiger partial charge is 0.302 e. The number of fused-ring (bicyclic) bond motifs is 1. The van der Waals surface area contributed by atoms with Crippen LogP contribution in [0, 0.1) is 0 Å². The average molecular weight is 718 g/mol. The Morgan fingerprint density at radius 3 is 2.20 bits per heavy atom. The fourth-order valence-corrected chi connectivity index (χ4v) is 6.93. The molecular formula is C38H55N7O5Si. The van der Waals surface area contributed by atoms with E-state index in [4.69, 9.17) is 28.6 Å². The molecule has 4 aromatic rings. The second-order valence-electron chi connectivity index (χ2n) is 14.6. The predicted octanol–water partition coefficient (Wildman–Crippen LogP) is 6.24. The molecule has 0 radical (unpaired) electrons. The molecule has 0 amide bonds. The highest BCUT2D eigenvalue weighted by molar-refractivity contribution is 6.74. The van der Waals surface area contributed by atoms with Crippen LogP contribution < -0.4 is 14.4 Å². The topological polar surface area (TPSA) is 107 Å². The Balaban J connectivity index is 1.27. The lowest BCUT2D eigenvalue weighted by atomic mass is 10.2. The SMILES string of the molecule is COc1cc(OC)cc(N(CCO[Si](C)(C)C(C)(C)C)c2ccc3ncc(-c4cnn(CCCN5CCN(CCOC(C)=O)CC5)c4)nc3c2)c1. The first-order valence-electron chi connectivity index (χ1n) is 17.9. The summed E-state index contributed by atoms with van der Waals surface area (Å²) in [5.74, 6) is 1.22. The summed E-state index contributed by atoms with van der Waals surface area (Å²) in [6.45, 7) is 21.1. The van der Waals surface area contributed by atoms with Crippen molar-refractivity contribution in [3.05, 3.63) is 55.0 Å². The van der Waals surface area contributed by atoms with E-state index in [0.29, 0.717) is 19.8 Å². The molecule has 3 heterocycles. The molecular weight excluding hydrogens is 663 g/mol. The van der Waals surface area contributed by atoms with Crippen molar-refractivity contribution in [3.8, 4) is 22.8 Å². The van der Waals surface area contributed by atoms with E-state index in [1.54, 1.807) is 14.2 Å². The van der Waals surface area contributed by atoms with E-state index >= 15 is 0 Å². The van der Waals surface area contributed by atoms with Crippen molar-refractivity contribution in [2.45, 2.75) is 58.8 Å². The first-order chi connectivity index (χ1) is 24.3. The summed E-state index contributed by atoms with van der Waals surface area (Å²) in [5, 5.41) is 4.76. The Hall–Kier alpha value is -4.04. The molecule has 1 saturated heterocycles. The predicted molar refractivity (Wildman–Crippen MR) is 205 cm³/mol. The highest BCUT2D eigenvalue weighted by Crippen LogP contribution is 2.38. The summed E-state index contributed by atoms with van der Waals surface area (Å²) < 4.78 is 24.9. The number of carbonyl (C=O) groups is 1. The van der Waals surface area contributed by atoms with Gasteiger partial charge in [0, 0.05) is 94.1 Å². The second kappa shape index (κ2) is 17.0. The zero-order chi connectivity index (χ0) is 36.6. The van der Waals surface area contributed by atoms with E-state index in [1.807, 2.05) is 41.3 Å². The maximum Gasteiger partial charge on any atom is 0.302 e. The third-order valence-electron chi connectivity index (χ3n) is 10.0. The first-order valence-corrected chi connectivity index (χ1v) is 20.8. The van der Waals surface area contributed by atoms with Crippen LogP contribution in [-0.4, -0.2) is 117 Å². The molecule has 13 heteroatoms. The summed E-state index contributed by atoms with van der Waals surface area (Å²) in [7, 11) is 1.38. The van der Waals surface area contributed by atoms with Gasteiger partial charge in [0.2, 0.25) is 0 Å². The summed E-state index contributed by atoms with van der Waals surface area (Å²) >= 11 is 0. The van der Waals surface area contributed by atoms with Crippen molar-refractivity contribution < 1.29 is 23.4 Å². The number of esters is 1. The molecule has 0 atom stereocenters. The van der Waals surface area contributed by atoms with Gasteiger partial charge in [0.1, 0.15) is 18.1 Å². The molecule has 5 rings (SSSR count). The maximum atomic E-state index is 11.0. The Labute approximate surface area is 303 Å². The van der Waals surface area contributed by atoms with Crippen LogP contribution in [0.15, 0.2) is 55.0 Å². The van der Waals surface area contributed by atoms with Crippen LogP contribution in [0.2, 0.25) is 18.1 Å². The van der Waals surface area contributed by atoms with Crippen LogP contribution in [-0.2, 0) is 20.5 Å². The Kier molecular flexibility index (Phi) is 12.7. The van der Waals surface area contributed by atoms with E-state index in [9.17, 15) is 4.79 Å². The minimum Gasteiger partial charge on any atom is -0.497 e.